The van der Waals surface area contributed by atoms with Crippen molar-refractivity contribution >= 4 is 51.2 Å². The van der Waals surface area contributed by atoms with E-state index >= 15 is 0 Å². The van der Waals surface area contributed by atoms with Crippen LogP contribution in [0.25, 0.3) is 66.8 Å². The van der Waals surface area contributed by atoms with E-state index in [-0.39, 0.29) is 38.4 Å². The van der Waals surface area contributed by atoms with Gasteiger partial charge < -0.3 is 14.7 Å². The number of hydrogen-bond donors (Lipinski definition) is 0. The van der Waals surface area contributed by atoms with Crippen LogP contribution in [0.1, 0.15) is 192 Å². The van der Waals surface area contributed by atoms with Crippen LogP contribution in [0.3, 0.4) is 0 Å². The lowest BCUT2D eigenvalue weighted by Crippen LogP contribution is -2.33. The van der Waals surface area contributed by atoms with E-state index in [4.69, 9.17) is 0 Å². The largest absolute Gasteiger partial charge is 0.305 e. The van der Waals surface area contributed by atoms with Crippen molar-refractivity contribution in [2.45, 2.75) is 169 Å². The van der Waals surface area contributed by atoms with E-state index in [0.717, 1.165) is 57.4 Å². The molecule has 0 saturated carbocycles. The average molecular weight is 1390 g/mol. The minimum Gasteiger partial charge on any atom is -0.305 e. The summed E-state index contributed by atoms with van der Waals surface area (Å²) in [6.07, 6.45) is 0.873. The first-order valence-corrected chi connectivity index (χ1v) is 38.8. The molecule has 2 heterocycles. The molecule has 3 nitrogen and oxygen atoms in total. The highest BCUT2D eigenvalue weighted by molar-refractivity contribution is 6.16. The second-order valence-corrected chi connectivity index (χ2v) is 36.6. The molecule has 107 heavy (non-hydrogen) atoms. The SMILES string of the molecule is CC(C)(C)c1ccc(-c2cc(C(C)(C)C)cc(C(C)(C)C)c2N2c3ccc(-c4ccccc4-c4ccccc4)cc3N3c4cc(-c5ccccc5-c5ccccc5)ccc4N(c4c(-c5ccc(C(C)(C)C)cc5)cc(C(C)(C)C)cc4C(C)(C)C)c4cc(C5c6ccccc6Cc6ccccc65)cc2c43)cc1. The van der Waals surface area contributed by atoms with Gasteiger partial charge in [0.2, 0.25) is 0 Å². The minimum atomic E-state index is -0.352. The van der Waals surface area contributed by atoms with E-state index in [2.05, 4.69) is 418 Å². The van der Waals surface area contributed by atoms with Crippen molar-refractivity contribution in [1.29, 1.82) is 0 Å². The van der Waals surface area contributed by atoms with Crippen LogP contribution in [0.15, 0.2) is 279 Å². The zero-order chi connectivity index (χ0) is 75.0. The van der Waals surface area contributed by atoms with Gasteiger partial charge in [-0.05, 0) is 204 Å². The maximum atomic E-state index is 2.76. The fraction of sp³-hybridized carbons (Fsp3) is 0.250. The van der Waals surface area contributed by atoms with Gasteiger partial charge in [-0.25, -0.2) is 0 Å². The minimum absolute atomic E-state index is 0.0472. The van der Waals surface area contributed by atoms with Crippen molar-refractivity contribution in [3.8, 4) is 66.8 Å². The van der Waals surface area contributed by atoms with Crippen molar-refractivity contribution in [1.82, 2.24) is 0 Å². The molecule has 534 valence electrons. The van der Waals surface area contributed by atoms with Crippen molar-refractivity contribution < 1.29 is 0 Å². The molecule has 0 unspecified atom stereocenters. The van der Waals surface area contributed by atoms with E-state index < -0.39 is 0 Å². The normalized spacial score (nSPS) is 13.8. The van der Waals surface area contributed by atoms with E-state index in [0.29, 0.717) is 0 Å². The predicted octanol–water partition coefficient (Wildman–Crippen LogP) is 29.6. The van der Waals surface area contributed by atoms with Gasteiger partial charge in [-0.15, -0.1) is 0 Å². The van der Waals surface area contributed by atoms with E-state index in [1.54, 1.807) is 0 Å². The maximum absolute atomic E-state index is 2.76. The average Bonchev–Trinajstić information content (AvgIpc) is 0.683. The Balaban J connectivity index is 1.13. The summed E-state index contributed by atoms with van der Waals surface area (Å²) in [5.74, 6) is -0.115. The highest BCUT2D eigenvalue weighted by Crippen LogP contribution is 2.68. The monoisotopic (exact) mass is 1390 g/mol. The molecule has 0 aromatic heterocycles. The summed E-state index contributed by atoms with van der Waals surface area (Å²) in [7, 11) is 0. The molecule has 1 aliphatic carbocycles. The lowest BCUT2D eigenvalue weighted by molar-refractivity contribution is 0.569. The summed E-state index contributed by atoms with van der Waals surface area (Å²) >= 11 is 0. The topological polar surface area (TPSA) is 9.72 Å². The van der Waals surface area contributed by atoms with Crippen LogP contribution in [-0.2, 0) is 38.9 Å². The second-order valence-electron chi connectivity index (χ2n) is 36.6. The third kappa shape index (κ3) is 12.7. The summed E-state index contributed by atoms with van der Waals surface area (Å²) in [4.78, 5) is 8.24. The summed E-state index contributed by atoms with van der Waals surface area (Å²) in [6.45, 7) is 42.9. The Morgan fingerprint density at radius 2 is 0.533 bits per heavy atom. The van der Waals surface area contributed by atoms with Crippen molar-refractivity contribution in [2.24, 2.45) is 0 Å². The molecule has 0 radical (unpaired) electrons. The van der Waals surface area contributed by atoms with Crippen LogP contribution in [0.2, 0.25) is 0 Å². The predicted molar refractivity (Wildman–Crippen MR) is 459 cm³/mol. The molecule has 0 fully saturated rings. The fourth-order valence-corrected chi connectivity index (χ4v) is 17.0. The van der Waals surface area contributed by atoms with E-state index in [1.165, 1.54) is 128 Å². The Kier molecular flexibility index (Phi) is 17.2. The van der Waals surface area contributed by atoms with Crippen LogP contribution in [0.4, 0.5) is 51.2 Å². The Morgan fingerprint density at radius 1 is 0.224 bits per heavy atom. The molecule has 3 aliphatic rings. The van der Waals surface area contributed by atoms with Crippen molar-refractivity contribution in [3.63, 3.8) is 0 Å². The molecule has 2 aliphatic heterocycles. The van der Waals surface area contributed by atoms with Gasteiger partial charge in [0.25, 0.3) is 0 Å². The summed E-state index contributed by atoms with van der Waals surface area (Å²) in [6, 6.07) is 108. The molecular formula is C104H103N3. The van der Waals surface area contributed by atoms with Gasteiger partial charge in [0, 0.05) is 17.0 Å². The number of anilines is 9. The fourth-order valence-electron chi connectivity index (χ4n) is 17.0. The second kappa shape index (κ2) is 26.0. The van der Waals surface area contributed by atoms with Gasteiger partial charge in [-0.2, -0.15) is 0 Å². The highest BCUT2D eigenvalue weighted by Gasteiger charge is 2.45. The first-order valence-electron chi connectivity index (χ1n) is 38.8. The van der Waals surface area contributed by atoms with Crippen LogP contribution in [0, 0.1) is 0 Å². The van der Waals surface area contributed by atoms with Crippen molar-refractivity contribution in [2.75, 3.05) is 14.7 Å². The van der Waals surface area contributed by atoms with E-state index in [9.17, 15) is 0 Å². The quantitative estimate of drug-likeness (QED) is 0.143. The van der Waals surface area contributed by atoms with Gasteiger partial charge in [0.15, 0.2) is 0 Å². The van der Waals surface area contributed by atoms with Crippen LogP contribution < -0.4 is 14.7 Å². The van der Waals surface area contributed by atoms with Gasteiger partial charge in [0.1, 0.15) is 0 Å². The van der Waals surface area contributed by atoms with Gasteiger partial charge >= 0.3 is 0 Å². The molecule has 0 atom stereocenters. The van der Waals surface area contributed by atoms with Gasteiger partial charge in [-0.3, -0.25) is 0 Å². The van der Waals surface area contributed by atoms with Gasteiger partial charge in [-0.1, -0.05) is 355 Å². The third-order valence-electron chi connectivity index (χ3n) is 22.9. The molecule has 0 amide bonds. The Labute approximate surface area is 638 Å². The summed E-state index contributed by atoms with van der Waals surface area (Å²) in [5.41, 5.74) is 37.6. The molecule has 13 aromatic rings. The maximum Gasteiger partial charge on any atom is 0.0948 e. The smallest absolute Gasteiger partial charge is 0.0948 e. The van der Waals surface area contributed by atoms with Crippen LogP contribution >= 0.6 is 0 Å². The van der Waals surface area contributed by atoms with E-state index in [1.807, 2.05) is 0 Å². The molecule has 0 bridgehead atoms. The first kappa shape index (κ1) is 70.6. The number of nitrogens with zero attached hydrogens (tertiary/aromatic N) is 3. The number of benzene rings is 13. The standard InChI is InChI=1S/C104H103N3/c1-99(2,3)75-51-45-68(46-52-75)85-62-77(101(7,8)9)64-87(103(13,14)15)96(85)105-89-55-49-72(81-41-31-29-39-79(81)66-33-21-19-22-34-66)58-91(89)107-92-59-73(82-42-32-30-40-80(82)67-35-23-20-24-36-67)50-56-90(92)106(94-61-74(60-93(105)98(94)107)95-83-43-27-25-37-70(83)57-71-38-26-28-44-84(71)95)97-86(69-47-53-76(54-48-69)100(4,5)6)63-78(102(10,11)12)65-88(97)104(16,17)18/h19-56,58-65,95H,57H2,1-18H3. The number of hydrogen-bond acceptors (Lipinski definition) is 3. The summed E-state index contributed by atoms with van der Waals surface area (Å²) in [5, 5.41) is 0. The molecule has 0 saturated heterocycles. The first-order chi connectivity index (χ1) is 50.9. The molecular weight excluding hydrogens is 1290 g/mol. The molecule has 0 N–H and O–H groups in total. The van der Waals surface area contributed by atoms with Gasteiger partial charge in [0.05, 0.1) is 51.2 Å². The lowest BCUT2D eigenvalue weighted by Gasteiger charge is -2.49. The zero-order valence-electron chi connectivity index (χ0n) is 66.2. The molecule has 3 heteroatoms. The Hall–Kier alpha value is -10.7. The Bertz CT molecular complexity index is 5250. The molecule has 13 aromatic carbocycles. The lowest BCUT2D eigenvalue weighted by atomic mass is 9.74. The molecule has 16 rings (SSSR count). The Morgan fingerprint density at radius 3 is 0.888 bits per heavy atom. The summed E-state index contributed by atoms with van der Waals surface area (Å²) < 4.78 is 0. The molecule has 0 spiro atoms. The number of fused-ring (bicyclic) bond motifs is 6. The number of rotatable bonds is 9. The van der Waals surface area contributed by atoms with Crippen LogP contribution in [0.5, 0.6) is 0 Å². The highest BCUT2D eigenvalue weighted by atomic mass is 15.3. The third-order valence-corrected chi connectivity index (χ3v) is 22.9. The van der Waals surface area contributed by atoms with Crippen molar-refractivity contribution in [3.05, 3.63) is 340 Å². The van der Waals surface area contributed by atoms with Crippen LogP contribution in [-0.4, -0.2) is 0 Å². The zero-order valence-corrected chi connectivity index (χ0v) is 66.2.